The van der Waals surface area contributed by atoms with Crippen LogP contribution in [0.25, 0.3) is 0 Å². The Bertz CT molecular complexity index is 1010. The van der Waals surface area contributed by atoms with Crippen molar-refractivity contribution in [2.75, 3.05) is 23.4 Å². The molecule has 3 rings (SSSR count). The molecule has 0 spiro atoms. The second-order valence-corrected chi connectivity index (χ2v) is 11.2. The number of carbonyl (C=O) groups is 1. The van der Waals surface area contributed by atoms with E-state index in [0.29, 0.717) is 35.0 Å². The molecular formula is C22H33N5O3S2. The Morgan fingerprint density at radius 1 is 1.16 bits per heavy atom. The van der Waals surface area contributed by atoms with Gasteiger partial charge in [-0.05, 0) is 38.8 Å². The summed E-state index contributed by atoms with van der Waals surface area (Å²) in [6, 6.07) is 7.67. The van der Waals surface area contributed by atoms with Crippen LogP contribution in [0, 0.1) is 6.92 Å². The number of aromatic nitrogens is 3. The van der Waals surface area contributed by atoms with Crippen LogP contribution in [-0.2, 0) is 27.9 Å². The Labute approximate surface area is 195 Å². The van der Waals surface area contributed by atoms with Gasteiger partial charge in [0, 0.05) is 19.6 Å². The number of rotatable bonds is 9. The van der Waals surface area contributed by atoms with Crippen LogP contribution in [-0.4, -0.2) is 59.1 Å². The summed E-state index contributed by atoms with van der Waals surface area (Å²) in [4.78, 5) is 14.6. The third-order valence-corrected chi connectivity index (χ3v) is 8.05. The Hall–Kier alpha value is -2.07. The zero-order chi connectivity index (χ0) is 23.3. The van der Waals surface area contributed by atoms with Gasteiger partial charge in [0.2, 0.25) is 15.9 Å². The standard InChI is InChI=1S/C22H33N5O3S2/c1-5-26-20(15-27(32(4,29)30)19-13-11-17(2)12-14-19)23-24-22(26)31-16-21(28)25(3)18-9-7-6-8-10-18/h11-14,18H,5-10,15-16H2,1-4H3. The summed E-state index contributed by atoms with van der Waals surface area (Å²) in [5.41, 5.74) is 1.64. The van der Waals surface area contributed by atoms with Crippen molar-refractivity contribution < 1.29 is 13.2 Å². The molecule has 1 heterocycles. The molecule has 0 N–H and O–H groups in total. The summed E-state index contributed by atoms with van der Waals surface area (Å²) < 4.78 is 28.2. The molecule has 0 radical (unpaired) electrons. The van der Waals surface area contributed by atoms with Crippen molar-refractivity contribution in [2.24, 2.45) is 0 Å². The number of hydrogen-bond acceptors (Lipinski definition) is 6. The van der Waals surface area contributed by atoms with E-state index in [4.69, 9.17) is 0 Å². The van der Waals surface area contributed by atoms with Gasteiger partial charge in [-0.1, -0.05) is 48.7 Å². The number of anilines is 1. The predicted molar refractivity (Wildman–Crippen MR) is 128 cm³/mol. The van der Waals surface area contributed by atoms with Gasteiger partial charge in [0.15, 0.2) is 11.0 Å². The summed E-state index contributed by atoms with van der Waals surface area (Å²) in [6.07, 6.45) is 6.95. The molecule has 1 amide bonds. The fourth-order valence-electron chi connectivity index (χ4n) is 4.00. The number of amides is 1. The van der Waals surface area contributed by atoms with Crippen LogP contribution in [0.4, 0.5) is 5.69 Å². The second-order valence-electron chi connectivity index (χ2n) is 8.33. The molecule has 1 aliphatic rings. The van der Waals surface area contributed by atoms with Crippen LogP contribution in [0.5, 0.6) is 0 Å². The minimum absolute atomic E-state index is 0.0826. The maximum Gasteiger partial charge on any atom is 0.233 e. The Morgan fingerprint density at radius 2 is 1.81 bits per heavy atom. The molecule has 0 saturated heterocycles. The zero-order valence-corrected chi connectivity index (χ0v) is 21.0. The molecule has 0 unspecified atom stereocenters. The van der Waals surface area contributed by atoms with Crippen molar-refractivity contribution in [3.05, 3.63) is 35.7 Å². The van der Waals surface area contributed by atoms with Crippen LogP contribution in [0.1, 0.15) is 50.4 Å². The van der Waals surface area contributed by atoms with Gasteiger partial charge >= 0.3 is 0 Å². The van der Waals surface area contributed by atoms with E-state index in [-0.39, 0.29) is 12.5 Å². The number of sulfonamides is 1. The first kappa shape index (κ1) is 24.6. The predicted octanol–water partition coefficient (Wildman–Crippen LogP) is 3.46. The largest absolute Gasteiger partial charge is 0.342 e. The third-order valence-electron chi connectivity index (χ3n) is 5.96. The second kappa shape index (κ2) is 10.7. The first-order valence-corrected chi connectivity index (χ1v) is 13.9. The van der Waals surface area contributed by atoms with Crippen LogP contribution in [0.15, 0.2) is 29.4 Å². The molecule has 10 heteroatoms. The van der Waals surface area contributed by atoms with Gasteiger partial charge in [-0.25, -0.2) is 8.42 Å². The number of thioether (sulfide) groups is 1. The van der Waals surface area contributed by atoms with Crippen LogP contribution >= 0.6 is 11.8 Å². The highest BCUT2D eigenvalue weighted by Gasteiger charge is 2.24. The Morgan fingerprint density at radius 3 is 2.41 bits per heavy atom. The summed E-state index contributed by atoms with van der Waals surface area (Å²) in [6.45, 7) is 4.59. The molecule has 32 heavy (non-hydrogen) atoms. The fraction of sp³-hybridized carbons (Fsp3) is 0.591. The Kier molecular flexibility index (Phi) is 8.21. The monoisotopic (exact) mass is 479 g/mol. The number of aryl methyl sites for hydroxylation is 1. The third kappa shape index (κ3) is 6.04. The first-order valence-electron chi connectivity index (χ1n) is 11.1. The number of hydrogen-bond donors (Lipinski definition) is 0. The molecule has 8 nitrogen and oxygen atoms in total. The molecular weight excluding hydrogens is 446 g/mol. The molecule has 1 aromatic carbocycles. The van der Waals surface area contributed by atoms with E-state index in [0.717, 1.165) is 18.4 Å². The van der Waals surface area contributed by atoms with E-state index in [9.17, 15) is 13.2 Å². The van der Waals surface area contributed by atoms with Crippen molar-refractivity contribution in [1.29, 1.82) is 0 Å². The molecule has 0 aliphatic heterocycles. The van der Waals surface area contributed by atoms with Crippen LogP contribution in [0.3, 0.4) is 0 Å². The van der Waals surface area contributed by atoms with Crippen molar-refractivity contribution in [3.63, 3.8) is 0 Å². The van der Waals surface area contributed by atoms with Gasteiger partial charge < -0.3 is 9.47 Å². The van der Waals surface area contributed by atoms with E-state index < -0.39 is 10.0 Å². The molecule has 1 saturated carbocycles. The molecule has 0 atom stereocenters. The van der Waals surface area contributed by atoms with Crippen molar-refractivity contribution in [2.45, 2.75) is 70.2 Å². The topological polar surface area (TPSA) is 88.4 Å². The lowest BCUT2D eigenvalue weighted by molar-refractivity contribution is -0.129. The van der Waals surface area contributed by atoms with E-state index >= 15 is 0 Å². The number of nitrogens with zero attached hydrogens (tertiary/aromatic N) is 5. The summed E-state index contributed by atoms with van der Waals surface area (Å²) >= 11 is 1.36. The fourth-order valence-corrected chi connectivity index (χ4v) is 5.80. The summed E-state index contributed by atoms with van der Waals surface area (Å²) in [7, 11) is -1.62. The molecule has 176 valence electrons. The summed E-state index contributed by atoms with van der Waals surface area (Å²) in [5, 5.41) is 9.14. The van der Waals surface area contributed by atoms with E-state index in [2.05, 4.69) is 10.2 Å². The quantitative estimate of drug-likeness (QED) is 0.512. The minimum atomic E-state index is -3.51. The highest BCUT2D eigenvalue weighted by atomic mass is 32.2. The van der Waals surface area contributed by atoms with Gasteiger partial charge in [-0.15, -0.1) is 10.2 Å². The lowest BCUT2D eigenvalue weighted by Gasteiger charge is -2.31. The Balaban J connectivity index is 1.72. The van der Waals surface area contributed by atoms with Gasteiger partial charge in [0.05, 0.1) is 24.2 Å². The zero-order valence-electron chi connectivity index (χ0n) is 19.3. The molecule has 1 aromatic heterocycles. The molecule has 0 bridgehead atoms. The summed E-state index contributed by atoms with van der Waals surface area (Å²) in [5.74, 6) is 0.930. The lowest BCUT2D eigenvalue weighted by Crippen LogP contribution is -2.39. The van der Waals surface area contributed by atoms with Crippen LogP contribution < -0.4 is 4.31 Å². The lowest BCUT2D eigenvalue weighted by atomic mass is 9.94. The average Bonchev–Trinajstić information content (AvgIpc) is 3.17. The van der Waals surface area contributed by atoms with E-state index in [1.165, 1.54) is 41.6 Å². The van der Waals surface area contributed by atoms with Crippen molar-refractivity contribution >= 4 is 33.4 Å². The maximum atomic E-state index is 12.7. The number of carbonyl (C=O) groups excluding carboxylic acids is 1. The SMILES string of the molecule is CCn1c(CN(c2ccc(C)cc2)S(C)(=O)=O)nnc1SCC(=O)N(C)C1CCCCC1. The molecule has 1 aliphatic carbocycles. The smallest absolute Gasteiger partial charge is 0.233 e. The number of benzene rings is 1. The van der Waals surface area contributed by atoms with Gasteiger partial charge in [0.1, 0.15) is 0 Å². The molecule has 2 aromatic rings. The van der Waals surface area contributed by atoms with Crippen LogP contribution in [0.2, 0.25) is 0 Å². The van der Waals surface area contributed by atoms with E-state index in [1.807, 2.05) is 42.5 Å². The normalized spacial score (nSPS) is 15.0. The first-order chi connectivity index (χ1) is 15.2. The van der Waals surface area contributed by atoms with Gasteiger partial charge in [-0.2, -0.15) is 0 Å². The molecule has 1 fully saturated rings. The van der Waals surface area contributed by atoms with Gasteiger partial charge in [0.25, 0.3) is 0 Å². The van der Waals surface area contributed by atoms with Crippen molar-refractivity contribution in [3.8, 4) is 0 Å². The highest BCUT2D eigenvalue weighted by molar-refractivity contribution is 7.99. The van der Waals surface area contributed by atoms with Crippen molar-refractivity contribution in [1.82, 2.24) is 19.7 Å². The average molecular weight is 480 g/mol. The highest BCUT2D eigenvalue weighted by Crippen LogP contribution is 2.25. The minimum Gasteiger partial charge on any atom is -0.342 e. The maximum absolute atomic E-state index is 12.7. The van der Waals surface area contributed by atoms with E-state index in [1.54, 1.807) is 12.1 Å². The van der Waals surface area contributed by atoms with Gasteiger partial charge in [-0.3, -0.25) is 9.10 Å².